The fourth-order valence-corrected chi connectivity index (χ4v) is 3.40. The molecule has 16 heavy (non-hydrogen) atoms. The van der Waals surface area contributed by atoms with E-state index in [0.717, 1.165) is 12.5 Å². The predicted octanol–water partition coefficient (Wildman–Crippen LogP) is 1.36. The Morgan fingerprint density at radius 3 is 2.31 bits per heavy atom. The van der Waals surface area contributed by atoms with Crippen molar-refractivity contribution < 1.29 is 13.6 Å². The van der Waals surface area contributed by atoms with Gasteiger partial charge in [-0.05, 0) is 26.3 Å². The van der Waals surface area contributed by atoms with E-state index >= 15 is 0 Å². The molecule has 0 saturated carbocycles. The first-order valence-electron chi connectivity index (χ1n) is 5.83. The van der Waals surface area contributed by atoms with Gasteiger partial charge in [0.2, 0.25) is 5.91 Å². The Morgan fingerprint density at radius 2 is 1.94 bits per heavy atom. The third-order valence-electron chi connectivity index (χ3n) is 2.21. The monoisotopic (exact) mass is 245 g/mol. The Bertz CT molecular complexity index is 205. The van der Waals surface area contributed by atoms with E-state index in [-0.39, 0.29) is 11.9 Å². The standard InChI is InChI=1S/C11H23NO3Si/c1-5-10(12-11(13)6-2)9-16(14-7-3)15-8-4/h6,10,16H,2,5,7-9H2,1,3-4H3,(H,12,13). The highest BCUT2D eigenvalue weighted by atomic mass is 28.3. The smallest absolute Gasteiger partial charge is 0.323 e. The van der Waals surface area contributed by atoms with Crippen molar-refractivity contribution in [3.05, 3.63) is 12.7 Å². The van der Waals surface area contributed by atoms with E-state index in [4.69, 9.17) is 8.85 Å². The zero-order chi connectivity index (χ0) is 12.4. The molecule has 1 unspecified atom stereocenters. The number of carbonyl (C=O) groups is 1. The molecule has 0 bridgehead atoms. The molecule has 1 amide bonds. The number of nitrogens with one attached hydrogen (secondary N) is 1. The van der Waals surface area contributed by atoms with Crippen molar-refractivity contribution in [3.63, 3.8) is 0 Å². The highest BCUT2D eigenvalue weighted by molar-refractivity contribution is 6.44. The van der Waals surface area contributed by atoms with Crippen LogP contribution in [-0.2, 0) is 13.6 Å². The average Bonchev–Trinajstić information content (AvgIpc) is 2.28. The molecule has 0 aromatic rings. The fraction of sp³-hybridized carbons (Fsp3) is 0.727. The van der Waals surface area contributed by atoms with Gasteiger partial charge in [0.15, 0.2) is 0 Å². The number of hydrogen-bond acceptors (Lipinski definition) is 3. The van der Waals surface area contributed by atoms with Gasteiger partial charge in [-0.2, -0.15) is 0 Å². The molecule has 0 aliphatic heterocycles. The minimum atomic E-state index is -1.63. The summed E-state index contributed by atoms with van der Waals surface area (Å²) in [5.74, 6) is -0.132. The Kier molecular flexibility index (Phi) is 9.17. The SMILES string of the molecule is C=CC(=O)NC(CC)C[SiH](OCC)OCC. The van der Waals surface area contributed by atoms with Crippen LogP contribution in [-0.4, -0.2) is 34.4 Å². The molecule has 1 N–H and O–H groups in total. The van der Waals surface area contributed by atoms with Crippen molar-refractivity contribution in [1.29, 1.82) is 0 Å². The Balaban J connectivity index is 4.13. The first-order valence-corrected chi connectivity index (χ1v) is 7.59. The lowest BCUT2D eigenvalue weighted by Gasteiger charge is -2.21. The lowest BCUT2D eigenvalue weighted by molar-refractivity contribution is -0.117. The van der Waals surface area contributed by atoms with Gasteiger partial charge >= 0.3 is 9.28 Å². The van der Waals surface area contributed by atoms with Gasteiger partial charge in [0.25, 0.3) is 0 Å². The van der Waals surface area contributed by atoms with Crippen LogP contribution in [0.15, 0.2) is 12.7 Å². The molecule has 0 rings (SSSR count). The summed E-state index contributed by atoms with van der Waals surface area (Å²) in [5.41, 5.74) is 0. The van der Waals surface area contributed by atoms with Crippen molar-refractivity contribution in [2.24, 2.45) is 0 Å². The molecule has 0 saturated heterocycles. The molecular weight excluding hydrogens is 222 g/mol. The zero-order valence-electron chi connectivity index (χ0n) is 10.5. The quantitative estimate of drug-likeness (QED) is 0.493. The lowest BCUT2D eigenvalue weighted by Crippen LogP contribution is -2.38. The van der Waals surface area contributed by atoms with Gasteiger partial charge in [-0.3, -0.25) is 4.79 Å². The van der Waals surface area contributed by atoms with E-state index in [1.807, 2.05) is 20.8 Å². The molecule has 0 fully saturated rings. The van der Waals surface area contributed by atoms with E-state index in [2.05, 4.69) is 11.9 Å². The zero-order valence-corrected chi connectivity index (χ0v) is 11.6. The van der Waals surface area contributed by atoms with Gasteiger partial charge in [0.05, 0.1) is 0 Å². The maximum atomic E-state index is 11.2. The Labute approximate surface area is 99.9 Å². The van der Waals surface area contributed by atoms with E-state index in [1.165, 1.54) is 6.08 Å². The minimum absolute atomic E-state index is 0.125. The largest absolute Gasteiger partial charge is 0.397 e. The van der Waals surface area contributed by atoms with Crippen LogP contribution in [0.1, 0.15) is 27.2 Å². The summed E-state index contributed by atoms with van der Waals surface area (Å²) in [7, 11) is -1.63. The molecule has 0 aliphatic carbocycles. The van der Waals surface area contributed by atoms with E-state index in [9.17, 15) is 4.79 Å². The molecular formula is C11H23NO3Si. The van der Waals surface area contributed by atoms with Gasteiger partial charge in [0, 0.05) is 25.3 Å². The summed E-state index contributed by atoms with van der Waals surface area (Å²) < 4.78 is 11.1. The topological polar surface area (TPSA) is 47.6 Å². The third-order valence-corrected chi connectivity index (χ3v) is 4.57. The second-order valence-electron chi connectivity index (χ2n) is 3.39. The third kappa shape index (κ3) is 6.76. The van der Waals surface area contributed by atoms with Crippen LogP contribution in [0.2, 0.25) is 6.04 Å². The molecule has 4 nitrogen and oxygen atoms in total. The highest BCUT2D eigenvalue weighted by Crippen LogP contribution is 2.06. The van der Waals surface area contributed by atoms with Crippen LogP contribution in [0.3, 0.4) is 0 Å². The van der Waals surface area contributed by atoms with Crippen LogP contribution < -0.4 is 5.32 Å². The Hall–Kier alpha value is -0.653. The first kappa shape index (κ1) is 15.3. The van der Waals surface area contributed by atoms with Gasteiger partial charge in [-0.1, -0.05) is 13.5 Å². The summed E-state index contributed by atoms with van der Waals surface area (Å²) in [6.45, 7) is 10.7. The molecule has 1 atom stereocenters. The first-order chi connectivity index (χ1) is 7.67. The molecule has 0 aromatic heterocycles. The van der Waals surface area contributed by atoms with Gasteiger partial charge in [0.1, 0.15) is 0 Å². The van der Waals surface area contributed by atoms with E-state index in [0.29, 0.717) is 13.2 Å². The number of amides is 1. The van der Waals surface area contributed by atoms with Crippen molar-refractivity contribution in [1.82, 2.24) is 5.32 Å². The summed E-state index contributed by atoms with van der Waals surface area (Å²) in [6.07, 6.45) is 2.17. The van der Waals surface area contributed by atoms with Crippen LogP contribution in [0, 0.1) is 0 Å². The van der Waals surface area contributed by atoms with Crippen molar-refractivity contribution in [2.75, 3.05) is 13.2 Å². The van der Waals surface area contributed by atoms with E-state index in [1.54, 1.807) is 0 Å². The fourth-order valence-electron chi connectivity index (χ4n) is 1.38. The maximum Gasteiger partial charge on any atom is 0.323 e. The van der Waals surface area contributed by atoms with Crippen LogP contribution in [0.4, 0.5) is 0 Å². The normalized spacial score (nSPS) is 12.5. The van der Waals surface area contributed by atoms with E-state index < -0.39 is 9.28 Å². The lowest BCUT2D eigenvalue weighted by atomic mass is 10.2. The number of hydrogen-bond donors (Lipinski definition) is 1. The second-order valence-corrected chi connectivity index (χ2v) is 5.39. The Morgan fingerprint density at radius 1 is 1.38 bits per heavy atom. The molecule has 0 spiro atoms. The predicted molar refractivity (Wildman–Crippen MR) is 67.6 cm³/mol. The molecule has 0 heterocycles. The second kappa shape index (κ2) is 9.56. The summed E-state index contributed by atoms with van der Waals surface area (Å²) >= 11 is 0. The summed E-state index contributed by atoms with van der Waals surface area (Å²) in [5, 5.41) is 2.88. The highest BCUT2D eigenvalue weighted by Gasteiger charge is 2.19. The molecule has 94 valence electrons. The van der Waals surface area contributed by atoms with Crippen LogP contribution in [0.25, 0.3) is 0 Å². The average molecular weight is 245 g/mol. The maximum absolute atomic E-state index is 11.2. The number of carbonyl (C=O) groups excluding carboxylic acids is 1. The molecule has 0 aromatic carbocycles. The minimum Gasteiger partial charge on any atom is -0.397 e. The van der Waals surface area contributed by atoms with Crippen molar-refractivity contribution in [3.8, 4) is 0 Å². The molecule has 5 heteroatoms. The van der Waals surface area contributed by atoms with Gasteiger partial charge < -0.3 is 14.2 Å². The van der Waals surface area contributed by atoms with Crippen LogP contribution in [0.5, 0.6) is 0 Å². The molecule has 0 radical (unpaired) electrons. The van der Waals surface area contributed by atoms with Crippen molar-refractivity contribution in [2.45, 2.75) is 39.3 Å². The summed E-state index contributed by atoms with van der Waals surface area (Å²) in [6, 6.07) is 0.929. The summed E-state index contributed by atoms with van der Waals surface area (Å²) in [4.78, 5) is 11.2. The number of rotatable bonds is 9. The van der Waals surface area contributed by atoms with Gasteiger partial charge in [-0.15, -0.1) is 0 Å². The van der Waals surface area contributed by atoms with Gasteiger partial charge in [-0.25, -0.2) is 0 Å². The van der Waals surface area contributed by atoms with Crippen LogP contribution >= 0.6 is 0 Å². The molecule has 0 aliphatic rings. The van der Waals surface area contributed by atoms with Crippen molar-refractivity contribution >= 4 is 15.2 Å².